The van der Waals surface area contributed by atoms with Gasteiger partial charge in [0, 0.05) is 11.1 Å². The largest absolute Gasteiger partial charge is 0.288 e. The number of carbonyl (C=O) groups excluding carboxylic acids is 1. The zero-order valence-corrected chi connectivity index (χ0v) is 11.9. The van der Waals surface area contributed by atoms with Gasteiger partial charge in [-0.2, -0.15) is 5.10 Å². The average Bonchev–Trinajstić information content (AvgIpc) is 3.17. The number of carbonyl (C=O) groups is 1. The molecule has 0 fully saturated rings. The number of benzene rings is 1. The monoisotopic (exact) mass is 282 g/mol. The van der Waals surface area contributed by atoms with Gasteiger partial charge >= 0.3 is 0 Å². The second kappa shape index (κ2) is 5.43. The summed E-state index contributed by atoms with van der Waals surface area (Å²) in [5, 5.41) is 4.26. The molecule has 0 spiro atoms. The fraction of sp³-hybridized carbons (Fsp3) is 0.125. The van der Waals surface area contributed by atoms with E-state index in [-0.39, 0.29) is 5.78 Å². The van der Waals surface area contributed by atoms with Crippen molar-refractivity contribution >= 4 is 17.1 Å². The fourth-order valence-corrected chi connectivity index (χ4v) is 2.90. The smallest absolute Gasteiger partial charge is 0.206 e. The van der Waals surface area contributed by atoms with Gasteiger partial charge in [-0.3, -0.25) is 4.79 Å². The van der Waals surface area contributed by atoms with E-state index in [9.17, 15) is 4.79 Å². The Morgan fingerprint density at radius 1 is 1.20 bits per heavy atom. The molecular weight excluding hydrogens is 268 g/mol. The van der Waals surface area contributed by atoms with Gasteiger partial charge in [-0.1, -0.05) is 25.1 Å². The van der Waals surface area contributed by atoms with E-state index in [1.165, 1.54) is 4.88 Å². The van der Waals surface area contributed by atoms with E-state index in [2.05, 4.69) is 12.0 Å². The summed E-state index contributed by atoms with van der Waals surface area (Å²) in [5.41, 5.74) is 1.57. The minimum absolute atomic E-state index is 0.0388. The molecule has 20 heavy (non-hydrogen) atoms. The summed E-state index contributed by atoms with van der Waals surface area (Å²) < 4.78 is 1.72. The molecule has 0 N–H and O–H groups in total. The van der Waals surface area contributed by atoms with Crippen LogP contribution in [0.5, 0.6) is 0 Å². The van der Waals surface area contributed by atoms with E-state index >= 15 is 0 Å². The Hall–Kier alpha value is -2.20. The number of aryl methyl sites for hydroxylation is 1. The van der Waals surface area contributed by atoms with Crippen LogP contribution in [0.2, 0.25) is 0 Å². The number of nitrogens with zero attached hydrogens (tertiary/aromatic N) is 2. The van der Waals surface area contributed by atoms with Gasteiger partial charge in [0.05, 0.1) is 22.3 Å². The van der Waals surface area contributed by atoms with Gasteiger partial charge in [0.1, 0.15) is 0 Å². The molecule has 4 heteroatoms. The van der Waals surface area contributed by atoms with E-state index in [1.54, 1.807) is 28.4 Å². The van der Waals surface area contributed by atoms with Gasteiger partial charge in [0.25, 0.3) is 0 Å². The molecule has 0 atom stereocenters. The van der Waals surface area contributed by atoms with E-state index < -0.39 is 0 Å². The second-order valence-corrected chi connectivity index (χ2v) is 5.63. The first-order valence-corrected chi connectivity index (χ1v) is 7.33. The van der Waals surface area contributed by atoms with Gasteiger partial charge in [-0.15, -0.1) is 11.3 Å². The Kier molecular flexibility index (Phi) is 3.48. The van der Waals surface area contributed by atoms with Crippen LogP contribution in [0, 0.1) is 0 Å². The lowest BCUT2D eigenvalue weighted by atomic mass is 10.2. The topological polar surface area (TPSA) is 34.9 Å². The third kappa shape index (κ3) is 2.42. The minimum Gasteiger partial charge on any atom is -0.288 e. The van der Waals surface area contributed by atoms with Crippen molar-refractivity contribution in [2.24, 2.45) is 0 Å². The zero-order chi connectivity index (χ0) is 13.9. The van der Waals surface area contributed by atoms with Gasteiger partial charge < -0.3 is 0 Å². The number of hydrogen-bond acceptors (Lipinski definition) is 3. The molecule has 0 unspecified atom stereocenters. The summed E-state index contributed by atoms with van der Waals surface area (Å²) in [6.07, 6.45) is 4.37. The Morgan fingerprint density at radius 3 is 2.70 bits per heavy atom. The summed E-state index contributed by atoms with van der Waals surface area (Å²) in [7, 11) is 0. The number of ketones is 1. The SMILES string of the molecule is CCc1ccc(C(=O)c2cnn(-c3ccccc3)c2)s1. The van der Waals surface area contributed by atoms with E-state index in [1.807, 2.05) is 42.5 Å². The van der Waals surface area contributed by atoms with Crippen LogP contribution in [-0.4, -0.2) is 15.6 Å². The average molecular weight is 282 g/mol. The molecule has 0 bridgehead atoms. The van der Waals surface area contributed by atoms with Gasteiger partial charge in [0.2, 0.25) is 5.78 Å². The van der Waals surface area contributed by atoms with Crippen molar-refractivity contribution in [3.63, 3.8) is 0 Å². The summed E-state index contributed by atoms with van der Waals surface area (Å²) >= 11 is 1.55. The van der Waals surface area contributed by atoms with Gasteiger partial charge in [-0.25, -0.2) is 4.68 Å². The summed E-state index contributed by atoms with van der Waals surface area (Å²) in [5.74, 6) is 0.0388. The zero-order valence-electron chi connectivity index (χ0n) is 11.1. The summed E-state index contributed by atoms with van der Waals surface area (Å²) in [6.45, 7) is 2.09. The molecule has 2 aromatic heterocycles. The highest BCUT2D eigenvalue weighted by atomic mass is 32.1. The maximum absolute atomic E-state index is 12.4. The number of thiophene rings is 1. The molecule has 0 radical (unpaired) electrons. The minimum atomic E-state index is 0.0388. The maximum Gasteiger partial charge on any atom is 0.206 e. The molecule has 0 aliphatic rings. The number of rotatable bonds is 4. The Balaban J connectivity index is 1.88. The van der Waals surface area contributed by atoms with E-state index in [0.29, 0.717) is 5.56 Å². The molecule has 0 aliphatic heterocycles. The lowest BCUT2D eigenvalue weighted by Crippen LogP contribution is -1.97. The van der Waals surface area contributed by atoms with Gasteiger partial charge in [0.15, 0.2) is 0 Å². The maximum atomic E-state index is 12.4. The van der Waals surface area contributed by atoms with Crippen molar-refractivity contribution in [3.05, 3.63) is 70.2 Å². The van der Waals surface area contributed by atoms with Crippen molar-refractivity contribution < 1.29 is 4.79 Å². The van der Waals surface area contributed by atoms with Crippen LogP contribution in [-0.2, 0) is 6.42 Å². The second-order valence-electron chi connectivity index (χ2n) is 4.46. The molecule has 2 heterocycles. The highest BCUT2D eigenvalue weighted by Crippen LogP contribution is 2.20. The Labute approximate surface area is 121 Å². The number of hydrogen-bond donors (Lipinski definition) is 0. The van der Waals surface area contributed by atoms with Crippen LogP contribution in [0.1, 0.15) is 27.0 Å². The molecule has 100 valence electrons. The van der Waals surface area contributed by atoms with Crippen LogP contribution < -0.4 is 0 Å². The Bertz CT molecular complexity index is 728. The predicted molar refractivity (Wildman–Crippen MR) is 80.7 cm³/mol. The molecule has 0 saturated carbocycles. The first kappa shape index (κ1) is 12.8. The third-order valence-electron chi connectivity index (χ3n) is 3.10. The molecule has 0 aliphatic carbocycles. The van der Waals surface area contributed by atoms with Crippen LogP contribution in [0.15, 0.2) is 54.9 Å². The molecule has 0 saturated heterocycles. The lowest BCUT2D eigenvalue weighted by molar-refractivity contribution is 0.104. The van der Waals surface area contributed by atoms with Crippen molar-refractivity contribution in [2.75, 3.05) is 0 Å². The lowest BCUT2D eigenvalue weighted by Gasteiger charge is -1.98. The van der Waals surface area contributed by atoms with Crippen molar-refractivity contribution in [3.8, 4) is 5.69 Å². The molecule has 3 rings (SSSR count). The van der Waals surface area contributed by atoms with Crippen molar-refractivity contribution in [2.45, 2.75) is 13.3 Å². The predicted octanol–water partition coefficient (Wildman–Crippen LogP) is 3.73. The first-order valence-electron chi connectivity index (χ1n) is 6.51. The van der Waals surface area contributed by atoms with E-state index in [0.717, 1.165) is 17.0 Å². The molecule has 0 amide bonds. The molecule has 3 aromatic rings. The summed E-state index contributed by atoms with van der Waals surface area (Å²) in [6, 6.07) is 13.7. The molecule has 3 nitrogen and oxygen atoms in total. The molecule has 1 aromatic carbocycles. The van der Waals surface area contributed by atoms with E-state index in [4.69, 9.17) is 0 Å². The quantitative estimate of drug-likeness (QED) is 0.683. The normalized spacial score (nSPS) is 10.7. The van der Waals surface area contributed by atoms with Crippen molar-refractivity contribution in [1.82, 2.24) is 9.78 Å². The van der Waals surface area contributed by atoms with Crippen LogP contribution in [0.3, 0.4) is 0 Å². The third-order valence-corrected chi connectivity index (χ3v) is 4.33. The van der Waals surface area contributed by atoms with Crippen LogP contribution in [0.4, 0.5) is 0 Å². The van der Waals surface area contributed by atoms with Crippen molar-refractivity contribution in [1.29, 1.82) is 0 Å². The molecular formula is C16H14N2OS. The highest BCUT2D eigenvalue weighted by Gasteiger charge is 2.14. The number of para-hydroxylation sites is 1. The summed E-state index contributed by atoms with van der Waals surface area (Å²) in [4.78, 5) is 14.4. The van der Waals surface area contributed by atoms with Crippen LogP contribution >= 0.6 is 11.3 Å². The van der Waals surface area contributed by atoms with Crippen LogP contribution in [0.25, 0.3) is 5.69 Å². The number of aromatic nitrogens is 2. The fourth-order valence-electron chi connectivity index (χ4n) is 1.99. The standard InChI is InChI=1S/C16H14N2OS/c1-2-14-8-9-15(20-14)16(19)12-10-17-18(11-12)13-6-4-3-5-7-13/h3-11H,2H2,1H3. The highest BCUT2D eigenvalue weighted by molar-refractivity contribution is 7.14. The first-order chi connectivity index (χ1) is 9.78. The van der Waals surface area contributed by atoms with Gasteiger partial charge in [-0.05, 0) is 30.7 Å². The Morgan fingerprint density at radius 2 is 2.00 bits per heavy atom.